The van der Waals surface area contributed by atoms with E-state index in [9.17, 15) is 9.59 Å². The van der Waals surface area contributed by atoms with Gasteiger partial charge in [-0.25, -0.2) is 0 Å². The summed E-state index contributed by atoms with van der Waals surface area (Å²) in [5.41, 5.74) is 4.78. The molecule has 5 nitrogen and oxygen atoms in total. The molecule has 0 aromatic rings. The summed E-state index contributed by atoms with van der Waals surface area (Å²) < 4.78 is 0. The highest BCUT2D eigenvalue weighted by Crippen LogP contribution is 2.33. The Kier molecular flexibility index (Phi) is 3.60. The maximum absolute atomic E-state index is 12.8. The Labute approximate surface area is 114 Å². The van der Waals surface area contributed by atoms with Crippen LogP contribution in [-0.2, 0) is 9.59 Å². The van der Waals surface area contributed by atoms with E-state index >= 15 is 0 Å². The molecule has 1 saturated heterocycles. The second-order valence-corrected chi connectivity index (χ2v) is 6.63. The minimum absolute atomic E-state index is 0.0566. The highest BCUT2D eigenvalue weighted by atomic mass is 16.2. The molecule has 0 bridgehead atoms. The molecule has 1 aliphatic carbocycles. The maximum atomic E-state index is 12.8. The summed E-state index contributed by atoms with van der Waals surface area (Å²) in [4.78, 5) is 26.4. The molecule has 2 fully saturated rings. The first-order valence-electron chi connectivity index (χ1n) is 7.16. The number of hydrogen-bond acceptors (Lipinski definition) is 3. The summed E-state index contributed by atoms with van der Waals surface area (Å²) in [5, 5.41) is 2.81. The zero-order chi connectivity index (χ0) is 14.3. The zero-order valence-corrected chi connectivity index (χ0v) is 12.2. The van der Waals surface area contributed by atoms with E-state index in [1.54, 1.807) is 18.7 Å². The molecular formula is C14H25N3O2. The molecule has 0 radical (unpaired) electrons. The number of hydrogen-bond donors (Lipinski definition) is 2. The largest absolute Gasteiger partial charge is 0.352 e. The van der Waals surface area contributed by atoms with Crippen LogP contribution < -0.4 is 11.1 Å². The van der Waals surface area contributed by atoms with Crippen LogP contribution in [0.25, 0.3) is 0 Å². The van der Waals surface area contributed by atoms with Crippen LogP contribution in [0.4, 0.5) is 0 Å². The molecule has 108 valence electrons. The van der Waals surface area contributed by atoms with E-state index in [1.165, 1.54) is 0 Å². The lowest BCUT2D eigenvalue weighted by Crippen LogP contribution is -2.69. The summed E-state index contributed by atoms with van der Waals surface area (Å²) in [5.74, 6) is 0.322. The van der Waals surface area contributed by atoms with Gasteiger partial charge in [0.1, 0.15) is 5.54 Å². The van der Waals surface area contributed by atoms with Gasteiger partial charge in [0.25, 0.3) is 0 Å². The number of piperazine rings is 1. The van der Waals surface area contributed by atoms with Gasteiger partial charge in [0.05, 0.1) is 5.54 Å². The van der Waals surface area contributed by atoms with Crippen molar-refractivity contribution >= 4 is 11.8 Å². The first kappa shape index (κ1) is 14.3. The van der Waals surface area contributed by atoms with Crippen LogP contribution in [0.15, 0.2) is 0 Å². The molecule has 19 heavy (non-hydrogen) atoms. The number of nitrogens with one attached hydrogen (secondary N) is 1. The Morgan fingerprint density at radius 2 is 2.16 bits per heavy atom. The van der Waals surface area contributed by atoms with Crippen LogP contribution in [0.3, 0.4) is 0 Å². The van der Waals surface area contributed by atoms with Gasteiger partial charge in [-0.1, -0.05) is 19.8 Å². The number of nitrogens with two attached hydrogens (primary N) is 1. The quantitative estimate of drug-likeness (QED) is 0.731. The van der Waals surface area contributed by atoms with Gasteiger partial charge in [-0.3, -0.25) is 9.59 Å². The van der Waals surface area contributed by atoms with Crippen LogP contribution >= 0.6 is 0 Å². The van der Waals surface area contributed by atoms with Gasteiger partial charge in [-0.15, -0.1) is 0 Å². The highest BCUT2D eigenvalue weighted by molar-refractivity contribution is 5.95. The molecule has 0 aromatic carbocycles. The van der Waals surface area contributed by atoms with Crippen LogP contribution in [-0.4, -0.2) is 40.9 Å². The third-order valence-electron chi connectivity index (χ3n) is 4.56. The van der Waals surface area contributed by atoms with Gasteiger partial charge in [-0.2, -0.15) is 0 Å². The molecule has 2 rings (SSSR count). The Hall–Kier alpha value is -1.10. The Balaban J connectivity index is 2.20. The van der Waals surface area contributed by atoms with Crippen molar-refractivity contribution in [2.45, 2.75) is 57.5 Å². The van der Waals surface area contributed by atoms with Gasteiger partial charge in [0.15, 0.2) is 0 Å². The zero-order valence-electron chi connectivity index (χ0n) is 12.2. The van der Waals surface area contributed by atoms with Crippen LogP contribution in [0.1, 0.15) is 46.5 Å². The number of carbonyl (C=O) groups is 2. The van der Waals surface area contributed by atoms with Gasteiger partial charge >= 0.3 is 0 Å². The average molecular weight is 267 g/mol. The minimum atomic E-state index is -0.803. The minimum Gasteiger partial charge on any atom is -0.352 e. The monoisotopic (exact) mass is 267 g/mol. The SMILES string of the molecule is CC1CCCC(N)(C(=O)N2CCNC(=O)C2(C)C)C1. The highest BCUT2D eigenvalue weighted by Gasteiger charge is 2.48. The molecule has 0 spiro atoms. The summed E-state index contributed by atoms with van der Waals surface area (Å²) in [6.07, 6.45) is 3.57. The predicted octanol–water partition coefficient (Wildman–Crippen LogP) is 0.631. The average Bonchev–Trinajstić information content (AvgIpc) is 2.31. The van der Waals surface area contributed by atoms with E-state index in [0.717, 1.165) is 25.7 Å². The molecule has 2 amide bonds. The van der Waals surface area contributed by atoms with Crippen molar-refractivity contribution in [2.24, 2.45) is 11.7 Å². The Morgan fingerprint density at radius 1 is 1.47 bits per heavy atom. The number of nitrogens with zero attached hydrogens (tertiary/aromatic N) is 1. The van der Waals surface area contributed by atoms with Crippen molar-refractivity contribution in [3.8, 4) is 0 Å². The lowest BCUT2D eigenvalue weighted by Gasteiger charge is -2.46. The van der Waals surface area contributed by atoms with Gasteiger partial charge in [0, 0.05) is 13.1 Å². The number of amides is 2. The van der Waals surface area contributed by atoms with Gasteiger partial charge < -0.3 is 16.0 Å². The lowest BCUT2D eigenvalue weighted by molar-refractivity contribution is -0.154. The smallest absolute Gasteiger partial charge is 0.245 e. The van der Waals surface area contributed by atoms with E-state index in [4.69, 9.17) is 5.73 Å². The van der Waals surface area contributed by atoms with Crippen LogP contribution in [0, 0.1) is 5.92 Å². The second-order valence-electron chi connectivity index (χ2n) is 6.63. The molecule has 0 aromatic heterocycles. The third kappa shape index (κ3) is 2.48. The van der Waals surface area contributed by atoms with Crippen molar-refractivity contribution in [1.82, 2.24) is 10.2 Å². The summed E-state index contributed by atoms with van der Waals surface area (Å²) in [7, 11) is 0. The fourth-order valence-electron chi connectivity index (χ4n) is 3.31. The fourth-order valence-corrected chi connectivity index (χ4v) is 3.31. The molecule has 3 N–H and O–H groups in total. The number of rotatable bonds is 1. The summed E-state index contributed by atoms with van der Waals surface area (Å²) in [6, 6.07) is 0. The molecule has 1 saturated carbocycles. The van der Waals surface area contributed by atoms with Crippen LogP contribution in [0.2, 0.25) is 0 Å². The standard InChI is InChI=1S/C14H25N3O2/c1-10-5-4-6-14(15,9-10)12(19)17-8-7-16-11(18)13(17,2)3/h10H,4-9,15H2,1-3H3,(H,16,18). The summed E-state index contributed by atoms with van der Waals surface area (Å²) >= 11 is 0. The van der Waals surface area contributed by atoms with Crippen LogP contribution in [0.5, 0.6) is 0 Å². The van der Waals surface area contributed by atoms with Crippen molar-refractivity contribution in [2.75, 3.05) is 13.1 Å². The van der Waals surface area contributed by atoms with Crippen molar-refractivity contribution < 1.29 is 9.59 Å². The van der Waals surface area contributed by atoms with E-state index < -0.39 is 11.1 Å². The second kappa shape index (κ2) is 4.78. The van der Waals surface area contributed by atoms with Crippen molar-refractivity contribution in [1.29, 1.82) is 0 Å². The third-order valence-corrected chi connectivity index (χ3v) is 4.56. The van der Waals surface area contributed by atoms with E-state index in [0.29, 0.717) is 19.0 Å². The Morgan fingerprint density at radius 3 is 2.79 bits per heavy atom. The lowest BCUT2D eigenvalue weighted by atomic mass is 9.75. The first-order chi connectivity index (χ1) is 8.77. The van der Waals surface area contributed by atoms with Gasteiger partial charge in [-0.05, 0) is 32.6 Å². The topological polar surface area (TPSA) is 75.4 Å². The van der Waals surface area contributed by atoms with Crippen molar-refractivity contribution in [3.63, 3.8) is 0 Å². The predicted molar refractivity (Wildman–Crippen MR) is 73.4 cm³/mol. The maximum Gasteiger partial charge on any atom is 0.245 e. The number of carbonyl (C=O) groups excluding carboxylic acids is 2. The molecule has 5 heteroatoms. The molecule has 1 heterocycles. The molecule has 2 unspecified atom stereocenters. The molecule has 2 aliphatic rings. The summed E-state index contributed by atoms with van der Waals surface area (Å²) in [6.45, 7) is 6.77. The normalized spacial score (nSPS) is 34.8. The van der Waals surface area contributed by atoms with Crippen molar-refractivity contribution in [3.05, 3.63) is 0 Å². The molecule has 2 atom stereocenters. The molecule has 1 aliphatic heterocycles. The van der Waals surface area contributed by atoms with Gasteiger partial charge in [0.2, 0.25) is 11.8 Å². The van der Waals surface area contributed by atoms with E-state index in [-0.39, 0.29) is 11.8 Å². The fraction of sp³-hybridized carbons (Fsp3) is 0.857. The van der Waals surface area contributed by atoms with E-state index in [2.05, 4.69) is 12.2 Å². The van der Waals surface area contributed by atoms with E-state index in [1.807, 2.05) is 0 Å². The first-order valence-corrected chi connectivity index (χ1v) is 7.16. The Bertz CT molecular complexity index is 394. The molecular weight excluding hydrogens is 242 g/mol.